The molecule has 0 aromatic heterocycles. The van der Waals surface area contributed by atoms with Gasteiger partial charge in [-0.3, -0.25) is 9.59 Å². The molecule has 11 heteroatoms. The van der Waals surface area contributed by atoms with E-state index in [4.69, 9.17) is 4.74 Å². The summed E-state index contributed by atoms with van der Waals surface area (Å²) in [7, 11) is 1.49. The standard InChI is InChI=1S/C30H25F3N4O3S/c1-18-26(28(39)37-23-14-8-9-15-24(23)40-2)27(19-10-4-3-5-11-19)20(16-34)29(35-18)41-17-25(38)36-22-13-7-6-12-21(22)30(31,32)33/h3-15,27,35H,17H2,1-2H3,(H,36,38)(H,37,39)/t27-/m0/s1. The minimum absolute atomic E-state index is 0.195. The number of nitrogens with one attached hydrogen (secondary N) is 3. The highest BCUT2D eigenvalue weighted by Crippen LogP contribution is 2.41. The average Bonchev–Trinajstić information content (AvgIpc) is 2.96. The Kier molecular flexibility index (Phi) is 9.04. The number of methoxy groups -OCH3 is 1. The van der Waals surface area contributed by atoms with E-state index in [0.717, 1.165) is 17.8 Å². The van der Waals surface area contributed by atoms with Gasteiger partial charge in [0.2, 0.25) is 5.91 Å². The van der Waals surface area contributed by atoms with Crippen molar-refractivity contribution in [2.24, 2.45) is 0 Å². The Bertz CT molecular complexity index is 1560. The van der Waals surface area contributed by atoms with Gasteiger partial charge in [0.1, 0.15) is 5.75 Å². The second-order valence-corrected chi connectivity index (χ2v) is 9.88. The number of amides is 2. The van der Waals surface area contributed by atoms with E-state index in [2.05, 4.69) is 22.0 Å². The van der Waals surface area contributed by atoms with Crippen LogP contribution in [0, 0.1) is 11.3 Å². The molecule has 0 aliphatic carbocycles. The summed E-state index contributed by atoms with van der Waals surface area (Å²) in [5.74, 6) is -1.72. The van der Waals surface area contributed by atoms with Crippen molar-refractivity contribution in [2.45, 2.75) is 19.0 Å². The Labute approximate surface area is 239 Å². The highest BCUT2D eigenvalue weighted by atomic mass is 32.2. The predicted molar refractivity (Wildman–Crippen MR) is 152 cm³/mol. The summed E-state index contributed by atoms with van der Waals surface area (Å²) in [6.45, 7) is 1.68. The molecule has 0 bridgehead atoms. The summed E-state index contributed by atoms with van der Waals surface area (Å²) in [6, 6.07) is 22.8. The van der Waals surface area contributed by atoms with Gasteiger partial charge in [-0.05, 0) is 36.8 Å². The molecule has 0 radical (unpaired) electrons. The summed E-state index contributed by atoms with van der Waals surface area (Å²) in [4.78, 5) is 26.3. The van der Waals surface area contributed by atoms with Gasteiger partial charge in [0.05, 0.1) is 52.4 Å². The van der Waals surface area contributed by atoms with Crippen molar-refractivity contribution in [2.75, 3.05) is 23.5 Å². The Balaban J connectivity index is 1.62. The van der Waals surface area contributed by atoms with Crippen molar-refractivity contribution in [3.63, 3.8) is 0 Å². The molecular formula is C30H25F3N4O3S. The fraction of sp³-hybridized carbons (Fsp3) is 0.167. The van der Waals surface area contributed by atoms with Gasteiger partial charge in [-0.1, -0.05) is 66.4 Å². The Morgan fingerprint density at radius 3 is 2.27 bits per heavy atom. The van der Waals surface area contributed by atoms with Crippen molar-refractivity contribution < 1.29 is 27.5 Å². The molecule has 0 saturated heterocycles. The monoisotopic (exact) mass is 578 g/mol. The summed E-state index contributed by atoms with van der Waals surface area (Å²) in [5, 5.41) is 18.8. The lowest BCUT2D eigenvalue weighted by molar-refractivity contribution is -0.137. The van der Waals surface area contributed by atoms with Crippen LogP contribution < -0.4 is 20.7 Å². The summed E-state index contributed by atoms with van der Waals surface area (Å²) in [6.07, 6.45) is -4.63. The van der Waals surface area contributed by atoms with E-state index < -0.39 is 29.5 Å². The molecule has 1 atom stereocenters. The largest absolute Gasteiger partial charge is 0.495 e. The van der Waals surface area contributed by atoms with Gasteiger partial charge >= 0.3 is 6.18 Å². The molecule has 0 spiro atoms. The molecule has 41 heavy (non-hydrogen) atoms. The third-order valence-corrected chi connectivity index (χ3v) is 7.25. The number of allylic oxidation sites excluding steroid dienone is 2. The highest BCUT2D eigenvalue weighted by Gasteiger charge is 2.36. The van der Waals surface area contributed by atoms with E-state index >= 15 is 0 Å². The topological polar surface area (TPSA) is 103 Å². The molecule has 0 fully saturated rings. The number of nitrogens with zero attached hydrogens (tertiary/aromatic N) is 1. The number of halogens is 3. The van der Waals surface area contributed by atoms with Crippen LogP contribution in [-0.4, -0.2) is 24.7 Å². The SMILES string of the molecule is COc1ccccc1NC(=O)C1=C(C)NC(SCC(=O)Nc2ccccc2C(F)(F)F)=C(C#N)[C@@H]1c1ccccc1. The van der Waals surface area contributed by atoms with E-state index in [0.29, 0.717) is 33.3 Å². The molecule has 3 aromatic rings. The Morgan fingerprint density at radius 2 is 1.61 bits per heavy atom. The fourth-order valence-corrected chi connectivity index (χ4v) is 5.30. The van der Waals surface area contributed by atoms with Crippen LogP contribution in [0.5, 0.6) is 5.75 Å². The van der Waals surface area contributed by atoms with Crippen molar-refractivity contribution in [1.29, 1.82) is 5.26 Å². The number of rotatable bonds is 8. The number of benzene rings is 3. The van der Waals surface area contributed by atoms with Gasteiger partial charge < -0.3 is 20.7 Å². The molecule has 4 rings (SSSR count). The molecule has 3 aromatic carbocycles. The van der Waals surface area contributed by atoms with Crippen molar-refractivity contribution in [1.82, 2.24) is 5.32 Å². The van der Waals surface area contributed by atoms with Crippen molar-refractivity contribution in [3.05, 3.63) is 112 Å². The van der Waals surface area contributed by atoms with Crippen LogP contribution in [0.1, 0.15) is 24.0 Å². The average molecular weight is 579 g/mol. The summed E-state index contributed by atoms with van der Waals surface area (Å²) in [5.41, 5.74) is 0.759. The van der Waals surface area contributed by atoms with Gasteiger partial charge in [0.15, 0.2) is 0 Å². The molecule has 3 N–H and O–H groups in total. The number of para-hydroxylation sites is 3. The number of anilines is 2. The van der Waals surface area contributed by atoms with Crippen molar-refractivity contribution >= 4 is 35.0 Å². The summed E-state index contributed by atoms with van der Waals surface area (Å²) < 4.78 is 45.4. The molecule has 1 aliphatic heterocycles. The van der Waals surface area contributed by atoms with Gasteiger partial charge in [-0.2, -0.15) is 18.4 Å². The first-order chi connectivity index (χ1) is 19.6. The first-order valence-corrected chi connectivity index (χ1v) is 13.3. The van der Waals surface area contributed by atoms with Crippen LogP contribution in [0.4, 0.5) is 24.5 Å². The van der Waals surface area contributed by atoms with Crippen LogP contribution in [0.3, 0.4) is 0 Å². The molecule has 2 amide bonds. The number of hydrogen-bond acceptors (Lipinski definition) is 6. The zero-order chi connectivity index (χ0) is 29.6. The number of alkyl halides is 3. The third-order valence-electron chi connectivity index (χ3n) is 6.23. The quantitative estimate of drug-likeness (QED) is 0.285. The van der Waals surface area contributed by atoms with Crippen LogP contribution in [-0.2, 0) is 15.8 Å². The first kappa shape index (κ1) is 29.3. The Hall–Kier alpha value is -4.69. The van der Waals surface area contributed by atoms with Gasteiger partial charge in [-0.15, -0.1) is 0 Å². The smallest absolute Gasteiger partial charge is 0.418 e. The van der Waals surface area contributed by atoms with Crippen LogP contribution >= 0.6 is 11.8 Å². The number of carbonyl (C=O) groups excluding carboxylic acids is 2. The molecule has 0 unspecified atom stereocenters. The van der Waals surface area contributed by atoms with E-state index in [1.165, 1.54) is 25.3 Å². The first-order valence-electron chi connectivity index (χ1n) is 12.3. The normalized spacial score (nSPS) is 15.1. The number of thioether (sulfide) groups is 1. The molecule has 0 saturated carbocycles. The minimum Gasteiger partial charge on any atom is -0.495 e. The van der Waals surface area contributed by atoms with Gasteiger partial charge in [0.25, 0.3) is 5.91 Å². The maximum absolute atomic E-state index is 13.6. The van der Waals surface area contributed by atoms with Crippen LogP contribution in [0.15, 0.2) is 101 Å². The lowest BCUT2D eigenvalue weighted by Gasteiger charge is -2.30. The van der Waals surface area contributed by atoms with E-state index in [1.807, 2.05) is 6.07 Å². The fourth-order valence-electron chi connectivity index (χ4n) is 4.41. The molecular weight excluding hydrogens is 553 g/mol. The number of nitriles is 1. The number of ether oxygens (including phenoxy) is 1. The minimum atomic E-state index is -4.63. The maximum atomic E-state index is 13.6. The van der Waals surface area contributed by atoms with Crippen LogP contribution in [0.25, 0.3) is 0 Å². The second-order valence-electron chi connectivity index (χ2n) is 8.90. The molecule has 1 aliphatic rings. The molecule has 210 valence electrons. The van der Waals surface area contributed by atoms with E-state index in [-0.39, 0.29) is 17.0 Å². The zero-order valence-electron chi connectivity index (χ0n) is 22.0. The number of hydrogen-bond donors (Lipinski definition) is 3. The lowest BCUT2D eigenvalue weighted by Crippen LogP contribution is -2.31. The second kappa shape index (κ2) is 12.7. The highest BCUT2D eigenvalue weighted by molar-refractivity contribution is 8.03. The van der Waals surface area contributed by atoms with Crippen molar-refractivity contribution in [3.8, 4) is 11.8 Å². The summed E-state index contributed by atoms with van der Waals surface area (Å²) >= 11 is 0.964. The van der Waals surface area contributed by atoms with E-state index in [9.17, 15) is 28.0 Å². The molecule has 7 nitrogen and oxygen atoms in total. The Morgan fingerprint density at radius 1 is 0.976 bits per heavy atom. The van der Waals surface area contributed by atoms with E-state index in [1.54, 1.807) is 55.5 Å². The lowest BCUT2D eigenvalue weighted by atomic mass is 9.82. The van der Waals surface area contributed by atoms with Gasteiger partial charge in [-0.25, -0.2) is 0 Å². The number of dihydropyridines is 1. The van der Waals surface area contributed by atoms with Gasteiger partial charge in [0, 0.05) is 11.3 Å². The molecule has 1 heterocycles. The van der Waals surface area contributed by atoms with Crippen LogP contribution in [0.2, 0.25) is 0 Å². The predicted octanol–water partition coefficient (Wildman–Crippen LogP) is 6.42. The third kappa shape index (κ3) is 6.73. The number of carbonyl (C=O) groups is 2. The maximum Gasteiger partial charge on any atom is 0.418 e. The zero-order valence-corrected chi connectivity index (χ0v) is 22.8.